The lowest BCUT2D eigenvalue weighted by Gasteiger charge is -2.25. The Morgan fingerprint density at radius 2 is 2.21 bits per heavy atom. The van der Waals surface area contributed by atoms with Gasteiger partial charge in [-0.3, -0.25) is 4.79 Å². The lowest BCUT2D eigenvalue weighted by Crippen LogP contribution is -2.19. The minimum absolute atomic E-state index is 0.00422. The highest BCUT2D eigenvalue weighted by Gasteiger charge is 2.21. The molecular formula is C15H16N2O2. The van der Waals surface area contributed by atoms with Crippen molar-refractivity contribution in [3.8, 4) is 5.88 Å². The van der Waals surface area contributed by atoms with Gasteiger partial charge in [0.2, 0.25) is 5.88 Å². The van der Waals surface area contributed by atoms with Crippen molar-refractivity contribution in [2.75, 3.05) is 0 Å². The van der Waals surface area contributed by atoms with Gasteiger partial charge in [-0.2, -0.15) is 0 Å². The molecule has 0 radical (unpaired) electrons. The molecule has 1 aliphatic carbocycles. The van der Waals surface area contributed by atoms with Crippen LogP contribution >= 0.6 is 0 Å². The van der Waals surface area contributed by atoms with Gasteiger partial charge in [0.05, 0.1) is 6.07 Å². The number of benzene rings is 1. The molecule has 0 fully saturated rings. The maximum Gasteiger partial charge on any atom is 0.256 e. The van der Waals surface area contributed by atoms with E-state index in [0.717, 1.165) is 19.3 Å². The van der Waals surface area contributed by atoms with Crippen molar-refractivity contribution in [2.45, 2.75) is 25.4 Å². The quantitative estimate of drug-likeness (QED) is 0.827. The lowest BCUT2D eigenvalue weighted by molar-refractivity contribution is 0.175. The molecule has 0 spiro atoms. The monoisotopic (exact) mass is 256 g/mol. The van der Waals surface area contributed by atoms with Gasteiger partial charge in [0, 0.05) is 7.05 Å². The zero-order valence-electron chi connectivity index (χ0n) is 10.9. The Labute approximate surface area is 111 Å². The van der Waals surface area contributed by atoms with Crippen LogP contribution in [0.4, 0.5) is 0 Å². The van der Waals surface area contributed by atoms with Crippen molar-refractivity contribution in [1.82, 2.24) is 9.55 Å². The molecule has 4 nitrogen and oxygen atoms in total. The van der Waals surface area contributed by atoms with Gasteiger partial charge < -0.3 is 9.30 Å². The van der Waals surface area contributed by atoms with Crippen LogP contribution < -0.4 is 10.3 Å². The maximum absolute atomic E-state index is 11.6. The molecular weight excluding hydrogens is 240 g/mol. The van der Waals surface area contributed by atoms with Crippen molar-refractivity contribution in [1.29, 1.82) is 0 Å². The van der Waals surface area contributed by atoms with Gasteiger partial charge in [0.25, 0.3) is 5.56 Å². The van der Waals surface area contributed by atoms with Crippen LogP contribution in [0.5, 0.6) is 5.88 Å². The number of hydrogen-bond donors (Lipinski definition) is 0. The molecule has 1 unspecified atom stereocenters. The van der Waals surface area contributed by atoms with E-state index in [4.69, 9.17) is 4.74 Å². The molecule has 1 aromatic carbocycles. The van der Waals surface area contributed by atoms with Crippen molar-refractivity contribution in [3.05, 3.63) is 58.1 Å². The summed E-state index contributed by atoms with van der Waals surface area (Å²) in [7, 11) is 1.68. The Morgan fingerprint density at radius 3 is 3.05 bits per heavy atom. The molecule has 0 amide bonds. The smallest absolute Gasteiger partial charge is 0.256 e. The van der Waals surface area contributed by atoms with Crippen LogP contribution in [0, 0.1) is 0 Å². The van der Waals surface area contributed by atoms with Crippen LogP contribution in [0.15, 0.2) is 41.5 Å². The van der Waals surface area contributed by atoms with Crippen molar-refractivity contribution in [3.63, 3.8) is 0 Å². The highest BCUT2D eigenvalue weighted by Crippen LogP contribution is 2.32. The van der Waals surface area contributed by atoms with E-state index in [0.29, 0.717) is 5.88 Å². The molecule has 0 saturated heterocycles. The fraction of sp³-hybridized carbons (Fsp3) is 0.333. The summed E-state index contributed by atoms with van der Waals surface area (Å²) < 4.78 is 7.33. The van der Waals surface area contributed by atoms with E-state index in [1.807, 2.05) is 6.07 Å². The van der Waals surface area contributed by atoms with Gasteiger partial charge in [-0.15, -0.1) is 0 Å². The maximum atomic E-state index is 11.6. The molecule has 1 aromatic heterocycles. The first kappa shape index (κ1) is 12.0. The molecule has 0 aliphatic heterocycles. The van der Waals surface area contributed by atoms with Crippen LogP contribution in [0.1, 0.15) is 30.1 Å². The van der Waals surface area contributed by atoms with Crippen molar-refractivity contribution < 1.29 is 4.74 Å². The van der Waals surface area contributed by atoms with Crippen molar-refractivity contribution in [2.24, 2.45) is 7.05 Å². The SMILES string of the molecule is Cn1cnc(OC2CCCc3ccccc32)cc1=O. The summed E-state index contributed by atoms with van der Waals surface area (Å²) in [5, 5.41) is 0. The standard InChI is InChI=1S/C15H16N2O2/c1-17-10-16-14(9-15(17)18)19-13-8-4-6-11-5-2-3-7-12(11)13/h2-3,5,7,9-10,13H,4,6,8H2,1H3. The third-order valence-electron chi connectivity index (χ3n) is 3.53. The minimum Gasteiger partial charge on any atom is -0.469 e. The highest BCUT2D eigenvalue weighted by molar-refractivity contribution is 5.32. The Bertz CT molecular complexity index is 649. The van der Waals surface area contributed by atoms with Gasteiger partial charge >= 0.3 is 0 Å². The molecule has 0 bridgehead atoms. The second-order valence-corrected chi connectivity index (χ2v) is 4.87. The summed E-state index contributed by atoms with van der Waals surface area (Å²) in [4.78, 5) is 15.7. The number of fused-ring (bicyclic) bond motifs is 1. The van der Waals surface area contributed by atoms with E-state index >= 15 is 0 Å². The normalized spacial score (nSPS) is 17.8. The van der Waals surface area contributed by atoms with E-state index in [1.165, 1.54) is 28.1 Å². The Morgan fingerprint density at radius 1 is 1.37 bits per heavy atom. The highest BCUT2D eigenvalue weighted by atomic mass is 16.5. The van der Waals surface area contributed by atoms with Crippen LogP contribution in [0.2, 0.25) is 0 Å². The summed E-state index contributed by atoms with van der Waals surface area (Å²) in [6, 6.07) is 9.76. The fourth-order valence-electron chi connectivity index (χ4n) is 2.49. The second-order valence-electron chi connectivity index (χ2n) is 4.87. The van der Waals surface area contributed by atoms with Gasteiger partial charge in [-0.1, -0.05) is 24.3 Å². The van der Waals surface area contributed by atoms with E-state index in [1.54, 1.807) is 7.05 Å². The Kier molecular flexibility index (Phi) is 3.07. The third kappa shape index (κ3) is 2.38. The Hall–Kier alpha value is -2.10. The molecule has 0 saturated carbocycles. The summed E-state index contributed by atoms with van der Waals surface area (Å²) in [5.74, 6) is 0.407. The molecule has 1 atom stereocenters. The molecule has 19 heavy (non-hydrogen) atoms. The minimum atomic E-state index is -0.103. The van der Waals surface area contributed by atoms with Gasteiger partial charge in [-0.25, -0.2) is 4.98 Å². The number of ether oxygens (including phenoxy) is 1. The molecule has 1 heterocycles. The van der Waals surface area contributed by atoms with Gasteiger partial charge in [0.1, 0.15) is 12.4 Å². The average molecular weight is 256 g/mol. The fourth-order valence-corrected chi connectivity index (χ4v) is 2.49. The number of nitrogens with zero attached hydrogens (tertiary/aromatic N) is 2. The van der Waals surface area contributed by atoms with E-state index < -0.39 is 0 Å². The molecule has 3 rings (SSSR count). The molecule has 4 heteroatoms. The summed E-state index contributed by atoms with van der Waals surface area (Å²) in [5.41, 5.74) is 2.45. The first-order valence-corrected chi connectivity index (χ1v) is 6.51. The lowest BCUT2D eigenvalue weighted by atomic mass is 9.89. The zero-order valence-corrected chi connectivity index (χ0v) is 10.9. The zero-order chi connectivity index (χ0) is 13.2. The first-order valence-electron chi connectivity index (χ1n) is 6.51. The number of aromatic nitrogens is 2. The third-order valence-corrected chi connectivity index (χ3v) is 3.53. The van der Waals surface area contributed by atoms with Crippen LogP contribution in [0.25, 0.3) is 0 Å². The molecule has 1 aliphatic rings. The van der Waals surface area contributed by atoms with Crippen LogP contribution in [0.3, 0.4) is 0 Å². The summed E-state index contributed by atoms with van der Waals surface area (Å²) in [6.45, 7) is 0. The first-order chi connectivity index (χ1) is 9.24. The topological polar surface area (TPSA) is 44.1 Å². The number of rotatable bonds is 2. The van der Waals surface area contributed by atoms with E-state index in [9.17, 15) is 4.79 Å². The Balaban J connectivity index is 1.88. The average Bonchev–Trinajstić information content (AvgIpc) is 2.43. The predicted octanol–water partition coefficient (Wildman–Crippen LogP) is 2.24. The number of hydrogen-bond acceptors (Lipinski definition) is 3. The molecule has 98 valence electrons. The van der Waals surface area contributed by atoms with E-state index in [-0.39, 0.29) is 11.7 Å². The largest absolute Gasteiger partial charge is 0.469 e. The molecule has 0 N–H and O–H groups in total. The molecule has 2 aromatic rings. The van der Waals surface area contributed by atoms with Crippen LogP contribution in [-0.4, -0.2) is 9.55 Å². The predicted molar refractivity (Wildman–Crippen MR) is 72.2 cm³/mol. The van der Waals surface area contributed by atoms with Gasteiger partial charge in [-0.05, 0) is 30.4 Å². The number of aryl methyl sites for hydroxylation is 2. The van der Waals surface area contributed by atoms with Gasteiger partial charge in [0.15, 0.2) is 0 Å². The van der Waals surface area contributed by atoms with Crippen molar-refractivity contribution >= 4 is 0 Å². The van der Waals surface area contributed by atoms with Crippen LogP contribution in [-0.2, 0) is 13.5 Å². The second kappa shape index (κ2) is 4.88. The van der Waals surface area contributed by atoms with E-state index in [2.05, 4.69) is 23.2 Å². The summed E-state index contributed by atoms with van der Waals surface area (Å²) >= 11 is 0. The summed E-state index contributed by atoms with van der Waals surface area (Å²) in [6.07, 6.45) is 4.66.